The van der Waals surface area contributed by atoms with Gasteiger partial charge in [0.1, 0.15) is 10.7 Å². The number of nitrogens with zero attached hydrogens (tertiary/aromatic N) is 3. The summed E-state index contributed by atoms with van der Waals surface area (Å²) in [5.74, 6) is 0.233. The van der Waals surface area contributed by atoms with Gasteiger partial charge < -0.3 is 5.73 Å². The minimum atomic E-state index is -3.78. The molecule has 0 aliphatic carbocycles. The van der Waals surface area contributed by atoms with Crippen LogP contribution in [0.4, 0.5) is 11.6 Å². The van der Waals surface area contributed by atoms with Crippen LogP contribution >= 0.6 is 0 Å². The van der Waals surface area contributed by atoms with Gasteiger partial charge in [0.25, 0.3) is 10.0 Å². The van der Waals surface area contributed by atoms with Crippen molar-refractivity contribution < 1.29 is 8.42 Å². The summed E-state index contributed by atoms with van der Waals surface area (Å²) in [7, 11) is -3.78. The number of rotatable bonds is 5. The van der Waals surface area contributed by atoms with Gasteiger partial charge in [-0.15, -0.1) is 0 Å². The Balaban J connectivity index is 2.28. The zero-order chi connectivity index (χ0) is 14.8. The van der Waals surface area contributed by atoms with Gasteiger partial charge in [-0.05, 0) is 25.0 Å². The number of pyridine rings is 1. The monoisotopic (exact) mass is 295 g/mol. The van der Waals surface area contributed by atoms with Crippen LogP contribution in [0.25, 0.3) is 0 Å². The highest BCUT2D eigenvalue weighted by atomic mass is 32.2. The largest absolute Gasteiger partial charge is 0.381 e. The van der Waals surface area contributed by atoms with Crippen molar-refractivity contribution in [3.63, 3.8) is 0 Å². The number of hydrogen-bond acceptors (Lipinski definition) is 5. The molecule has 0 aliphatic rings. The molecule has 2 aromatic rings. The maximum atomic E-state index is 12.2. The molecule has 0 radical (unpaired) electrons. The molecule has 3 N–H and O–H groups in total. The number of nitrogen functional groups attached to an aromatic ring is 1. The smallest absolute Gasteiger partial charge is 0.268 e. The molecule has 0 aromatic carbocycles. The van der Waals surface area contributed by atoms with Gasteiger partial charge in [0.05, 0.1) is 0 Å². The van der Waals surface area contributed by atoms with E-state index in [1.807, 2.05) is 13.8 Å². The highest BCUT2D eigenvalue weighted by molar-refractivity contribution is 7.92. The van der Waals surface area contributed by atoms with Crippen molar-refractivity contribution in [1.29, 1.82) is 0 Å². The molecular weight excluding hydrogens is 278 g/mol. The van der Waals surface area contributed by atoms with Gasteiger partial charge in [-0.1, -0.05) is 13.0 Å². The van der Waals surface area contributed by atoms with Crippen LogP contribution in [0, 0.1) is 6.92 Å². The van der Waals surface area contributed by atoms with Crippen molar-refractivity contribution in [2.24, 2.45) is 0 Å². The number of sulfonamides is 1. The van der Waals surface area contributed by atoms with E-state index in [1.165, 1.54) is 10.9 Å². The van der Waals surface area contributed by atoms with Crippen LogP contribution in [0.2, 0.25) is 0 Å². The van der Waals surface area contributed by atoms with Crippen molar-refractivity contribution in [2.45, 2.75) is 31.7 Å². The highest BCUT2D eigenvalue weighted by Gasteiger charge is 2.21. The summed E-state index contributed by atoms with van der Waals surface area (Å²) in [5, 5.41) is 3.98. The van der Waals surface area contributed by atoms with Crippen LogP contribution in [-0.4, -0.2) is 23.2 Å². The Labute approximate surface area is 117 Å². The quantitative estimate of drug-likeness (QED) is 0.867. The summed E-state index contributed by atoms with van der Waals surface area (Å²) in [5.41, 5.74) is 6.61. The fourth-order valence-electron chi connectivity index (χ4n) is 1.69. The lowest BCUT2D eigenvalue weighted by Crippen LogP contribution is -2.14. The number of aromatic nitrogens is 3. The fraction of sp³-hybridized carbons (Fsp3) is 0.333. The topological polar surface area (TPSA) is 103 Å². The highest BCUT2D eigenvalue weighted by Crippen LogP contribution is 2.19. The molecule has 7 nitrogen and oxygen atoms in total. The average Bonchev–Trinajstić information content (AvgIpc) is 2.74. The van der Waals surface area contributed by atoms with Crippen molar-refractivity contribution in [3.05, 3.63) is 30.1 Å². The number of anilines is 2. The molecule has 108 valence electrons. The Morgan fingerprint density at radius 3 is 2.75 bits per heavy atom. The van der Waals surface area contributed by atoms with E-state index in [4.69, 9.17) is 5.73 Å². The summed E-state index contributed by atoms with van der Waals surface area (Å²) in [6, 6.07) is 3.37. The predicted octanol–water partition coefficient (Wildman–Crippen LogP) is 1.38. The SMILES string of the molecule is CCCn1cc(S(=O)(=O)Nc2ccc(C)cn2)c(N)n1. The second-order valence-electron chi connectivity index (χ2n) is 4.47. The van der Waals surface area contributed by atoms with Crippen molar-refractivity contribution in [1.82, 2.24) is 14.8 Å². The van der Waals surface area contributed by atoms with E-state index in [0.717, 1.165) is 12.0 Å². The second-order valence-corrected chi connectivity index (χ2v) is 6.12. The van der Waals surface area contributed by atoms with Gasteiger partial charge >= 0.3 is 0 Å². The first-order valence-electron chi connectivity index (χ1n) is 6.21. The van der Waals surface area contributed by atoms with Gasteiger partial charge in [-0.3, -0.25) is 9.40 Å². The molecule has 0 saturated carbocycles. The zero-order valence-corrected chi connectivity index (χ0v) is 12.2. The Bertz CT molecular complexity index is 691. The minimum Gasteiger partial charge on any atom is -0.381 e. The fourth-order valence-corrected chi connectivity index (χ4v) is 2.77. The van der Waals surface area contributed by atoms with Crippen LogP contribution in [-0.2, 0) is 16.6 Å². The summed E-state index contributed by atoms with van der Waals surface area (Å²) in [6.45, 7) is 4.46. The van der Waals surface area contributed by atoms with E-state index in [0.29, 0.717) is 6.54 Å². The molecule has 0 amide bonds. The molecule has 0 fully saturated rings. The van der Waals surface area contributed by atoms with Gasteiger partial charge in [0.2, 0.25) is 0 Å². The molecular formula is C12H17N5O2S. The van der Waals surface area contributed by atoms with Gasteiger partial charge in [-0.2, -0.15) is 5.10 Å². The molecule has 8 heteroatoms. The second kappa shape index (κ2) is 5.49. The lowest BCUT2D eigenvalue weighted by atomic mass is 10.3. The number of hydrogen-bond donors (Lipinski definition) is 2. The Hall–Kier alpha value is -2.09. The predicted molar refractivity (Wildman–Crippen MR) is 76.7 cm³/mol. The van der Waals surface area contributed by atoms with Crippen LogP contribution in [0.3, 0.4) is 0 Å². The number of nitrogens with one attached hydrogen (secondary N) is 1. The third-order valence-electron chi connectivity index (χ3n) is 2.65. The Morgan fingerprint density at radius 1 is 1.40 bits per heavy atom. The zero-order valence-electron chi connectivity index (χ0n) is 11.4. The third kappa shape index (κ3) is 3.08. The first kappa shape index (κ1) is 14.3. The van der Waals surface area contributed by atoms with Crippen LogP contribution < -0.4 is 10.5 Å². The van der Waals surface area contributed by atoms with E-state index in [2.05, 4.69) is 14.8 Å². The molecule has 0 aliphatic heterocycles. The molecule has 0 atom stereocenters. The van der Waals surface area contributed by atoms with Gasteiger partial charge in [-0.25, -0.2) is 13.4 Å². The number of nitrogens with two attached hydrogens (primary N) is 1. The molecule has 2 rings (SSSR count). The molecule has 20 heavy (non-hydrogen) atoms. The summed E-state index contributed by atoms with van der Waals surface area (Å²) < 4.78 is 28.4. The molecule has 0 unspecified atom stereocenters. The molecule has 0 bridgehead atoms. The van der Waals surface area contributed by atoms with Crippen molar-refractivity contribution in [2.75, 3.05) is 10.5 Å². The maximum absolute atomic E-state index is 12.2. The third-order valence-corrected chi connectivity index (χ3v) is 4.02. The number of aryl methyl sites for hydroxylation is 2. The van der Waals surface area contributed by atoms with Crippen molar-refractivity contribution in [3.8, 4) is 0 Å². The minimum absolute atomic E-state index is 0.0157. The molecule has 0 spiro atoms. The first-order valence-corrected chi connectivity index (χ1v) is 7.69. The molecule has 2 heterocycles. The summed E-state index contributed by atoms with van der Waals surface area (Å²) in [6.07, 6.45) is 3.85. The Morgan fingerprint density at radius 2 is 2.15 bits per heavy atom. The average molecular weight is 295 g/mol. The summed E-state index contributed by atoms with van der Waals surface area (Å²) in [4.78, 5) is 3.97. The first-order chi connectivity index (χ1) is 9.42. The van der Waals surface area contributed by atoms with Crippen LogP contribution in [0.5, 0.6) is 0 Å². The van der Waals surface area contributed by atoms with Gasteiger partial charge in [0, 0.05) is 18.9 Å². The summed E-state index contributed by atoms with van der Waals surface area (Å²) >= 11 is 0. The van der Waals surface area contributed by atoms with E-state index in [-0.39, 0.29) is 16.5 Å². The Kier molecular flexibility index (Phi) is 3.93. The van der Waals surface area contributed by atoms with E-state index in [1.54, 1.807) is 18.3 Å². The maximum Gasteiger partial charge on any atom is 0.268 e. The molecule has 2 aromatic heterocycles. The van der Waals surface area contributed by atoms with E-state index in [9.17, 15) is 8.42 Å². The van der Waals surface area contributed by atoms with E-state index >= 15 is 0 Å². The van der Waals surface area contributed by atoms with Crippen LogP contribution in [0.15, 0.2) is 29.4 Å². The normalized spacial score (nSPS) is 11.5. The van der Waals surface area contributed by atoms with E-state index < -0.39 is 10.0 Å². The van der Waals surface area contributed by atoms with Crippen LogP contribution in [0.1, 0.15) is 18.9 Å². The standard InChI is InChI=1S/C12H17N5O2S/c1-3-6-17-8-10(12(13)15-17)20(18,19)16-11-5-4-9(2)7-14-11/h4-5,7-8H,3,6H2,1-2H3,(H2,13,15)(H,14,16). The lowest BCUT2D eigenvalue weighted by molar-refractivity contribution is 0.595. The van der Waals surface area contributed by atoms with Gasteiger partial charge in [0.15, 0.2) is 5.82 Å². The molecule has 0 saturated heterocycles. The lowest BCUT2D eigenvalue weighted by Gasteiger charge is -2.05. The van der Waals surface area contributed by atoms with Crippen molar-refractivity contribution >= 4 is 21.7 Å².